The Morgan fingerprint density at radius 3 is 2.67 bits per heavy atom. The third kappa shape index (κ3) is 1.71. The van der Waals surface area contributed by atoms with Crippen molar-refractivity contribution in [1.29, 1.82) is 0 Å². The summed E-state index contributed by atoms with van der Waals surface area (Å²) < 4.78 is 26.1. The first-order valence-electron chi connectivity index (χ1n) is 4.80. The number of rotatable bonds is 1. The van der Waals surface area contributed by atoms with Crippen LogP contribution in [-0.4, -0.2) is 17.9 Å². The normalized spacial score (nSPS) is 21.1. The van der Waals surface area contributed by atoms with Crippen LogP contribution < -0.4 is 0 Å². The molecule has 1 atom stereocenters. The molecule has 0 bridgehead atoms. The van der Waals surface area contributed by atoms with E-state index in [-0.39, 0.29) is 11.9 Å². The maximum atomic E-state index is 13.4. The Morgan fingerprint density at radius 2 is 2.13 bits per heavy atom. The lowest BCUT2D eigenvalue weighted by Crippen LogP contribution is -2.23. The minimum absolute atomic E-state index is 0.00345. The van der Waals surface area contributed by atoms with Gasteiger partial charge in [-0.1, -0.05) is 6.07 Å². The van der Waals surface area contributed by atoms with Crippen LogP contribution in [0.5, 0.6) is 0 Å². The molecule has 1 aliphatic rings. The van der Waals surface area contributed by atoms with Crippen LogP contribution >= 0.6 is 0 Å². The van der Waals surface area contributed by atoms with Gasteiger partial charge < -0.3 is 4.90 Å². The molecule has 1 aliphatic heterocycles. The first-order chi connectivity index (χ1) is 7.09. The lowest BCUT2D eigenvalue weighted by molar-refractivity contribution is -0.127. The summed E-state index contributed by atoms with van der Waals surface area (Å²) in [4.78, 5) is 12.8. The molecule has 1 saturated heterocycles. The number of nitrogens with zero attached hydrogens (tertiary/aromatic N) is 1. The van der Waals surface area contributed by atoms with Gasteiger partial charge in [0.25, 0.3) is 0 Å². The van der Waals surface area contributed by atoms with E-state index in [0.29, 0.717) is 18.4 Å². The number of likely N-dealkylation sites (tertiary alicyclic amines) is 1. The molecule has 2 rings (SSSR count). The zero-order valence-electron chi connectivity index (χ0n) is 8.34. The third-order valence-corrected chi connectivity index (χ3v) is 2.81. The number of carbonyl (C=O) groups is 1. The molecule has 1 heterocycles. The number of hydrogen-bond donors (Lipinski definition) is 0. The zero-order valence-corrected chi connectivity index (χ0v) is 8.34. The van der Waals surface area contributed by atoms with Crippen molar-refractivity contribution in [3.8, 4) is 0 Å². The molecule has 1 aromatic carbocycles. The van der Waals surface area contributed by atoms with Gasteiger partial charge in [-0.2, -0.15) is 0 Å². The minimum Gasteiger partial charge on any atom is -0.339 e. The zero-order chi connectivity index (χ0) is 11.0. The topological polar surface area (TPSA) is 20.3 Å². The smallest absolute Gasteiger partial charge is 0.222 e. The minimum atomic E-state index is -0.594. The number of benzene rings is 1. The average Bonchev–Trinajstić information content (AvgIpc) is 2.49. The molecule has 1 unspecified atom stereocenters. The van der Waals surface area contributed by atoms with E-state index < -0.39 is 11.6 Å². The van der Waals surface area contributed by atoms with Crippen LogP contribution in [0.25, 0.3) is 0 Å². The molecule has 15 heavy (non-hydrogen) atoms. The van der Waals surface area contributed by atoms with Crippen LogP contribution in [0.1, 0.15) is 24.4 Å². The predicted molar refractivity (Wildman–Crippen MR) is 51.1 cm³/mol. The molecule has 1 aromatic rings. The molecule has 0 aromatic heterocycles. The standard InChI is InChI=1S/C11H11F2NO/c1-14-10(4-5-11(14)15)8-3-2-7(12)6-9(8)13/h2-3,6,10H,4-5H2,1H3. The maximum Gasteiger partial charge on any atom is 0.222 e. The van der Waals surface area contributed by atoms with Crippen molar-refractivity contribution >= 4 is 5.91 Å². The molecule has 4 heteroatoms. The molecule has 0 saturated carbocycles. The quantitative estimate of drug-likeness (QED) is 0.697. The van der Waals surface area contributed by atoms with Crippen molar-refractivity contribution in [3.05, 3.63) is 35.4 Å². The fourth-order valence-corrected chi connectivity index (χ4v) is 1.94. The highest BCUT2D eigenvalue weighted by Crippen LogP contribution is 2.32. The molecule has 1 fully saturated rings. The fourth-order valence-electron chi connectivity index (χ4n) is 1.94. The SMILES string of the molecule is CN1C(=O)CCC1c1ccc(F)cc1F. The lowest BCUT2D eigenvalue weighted by atomic mass is 10.0. The largest absolute Gasteiger partial charge is 0.339 e. The van der Waals surface area contributed by atoms with E-state index in [9.17, 15) is 13.6 Å². The summed E-state index contributed by atoms with van der Waals surface area (Å²) in [6.45, 7) is 0. The molecule has 80 valence electrons. The molecular formula is C11H11F2NO. The predicted octanol–water partition coefficient (Wildman–Crippen LogP) is 2.26. The van der Waals surface area contributed by atoms with Gasteiger partial charge in [-0.3, -0.25) is 4.79 Å². The highest BCUT2D eigenvalue weighted by Gasteiger charge is 2.30. The van der Waals surface area contributed by atoms with Gasteiger partial charge in [0.2, 0.25) is 5.91 Å². The number of carbonyl (C=O) groups excluding carboxylic acids is 1. The summed E-state index contributed by atoms with van der Waals surface area (Å²) >= 11 is 0. The first-order valence-corrected chi connectivity index (χ1v) is 4.80. The third-order valence-electron chi connectivity index (χ3n) is 2.81. The van der Waals surface area contributed by atoms with Crippen LogP contribution in [-0.2, 0) is 4.79 Å². The van der Waals surface area contributed by atoms with Crippen LogP contribution in [0.4, 0.5) is 8.78 Å². The Balaban J connectivity index is 2.34. The van der Waals surface area contributed by atoms with Crippen molar-refractivity contribution in [2.45, 2.75) is 18.9 Å². The molecule has 0 spiro atoms. The van der Waals surface area contributed by atoms with Crippen molar-refractivity contribution in [2.75, 3.05) is 7.05 Å². The van der Waals surface area contributed by atoms with E-state index in [4.69, 9.17) is 0 Å². The summed E-state index contributed by atoms with van der Waals surface area (Å²) in [5.41, 5.74) is 0.393. The van der Waals surface area contributed by atoms with E-state index in [0.717, 1.165) is 6.07 Å². The second kappa shape index (κ2) is 3.61. The summed E-state index contributed by atoms with van der Waals surface area (Å²) in [5.74, 6) is -1.17. The highest BCUT2D eigenvalue weighted by atomic mass is 19.1. The molecular weight excluding hydrogens is 200 g/mol. The Labute approximate surface area is 86.5 Å². The van der Waals surface area contributed by atoms with Gasteiger partial charge in [0.15, 0.2) is 0 Å². The van der Waals surface area contributed by atoms with Gasteiger partial charge in [-0.05, 0) is 12.5 Å². The van der Waals surface area contributed by atoms with Crippen LogP contribution in [0.3, 0.4) is 0 Å². The van der Waals surface area contributed by atoms with Crippen LogP contribution in [0.15, 0.2) is 18.2 Å². The summed E-state index contributed by atoms with van der Waals surface area (Å²) in [5, 5.41) is 0. The summed E-state index contributed by atoms with van der Waals surface area (Å²) in [7, 11) is 1.64. The van der Waals surface area contributed by atoms with Gasteiger partial charge in [-0.15, -0.1) is 0 Å². The van der Waals surface area contributed by atoms with Crippen molar-refractivity contribution in [2.24, 2.45) is 0 Å². The van der Waals surface area contributed by atoms with E-state index >= 15 is 0 Å². The lowest BCUT2D eigenvalue weighted by Gasteiger charge is -2.20. The van der Waals surface area contributed by atoms with Crippen molar-refractivity contribution in [1.82, 2.24) is 4.90 Å². The summed E-state index contributed by atoms with van der Waals surface area (Å²) in [6.07, 6.45) is 1.02. The Kier molecular flexibility index (Phi) is 2.42. The van der Waals surface area contributed by atoms with Crippen LogP contribution in [0.2, 0.25) is 0 Å². The van der Waals surface area contributed by atoms with E-state index in [1.807, 2.05) is 0 Å². The average molecular weight is 211 g/mol. The van der Waals surface area contributed by atoms with E-state index in [2.05, 4.69) is 0 Å². The monoisotopic (exact) mass is 211 g/mol. The first kappa shape index (κ1) is 10.1. The number of hydrogen-bond acceptors (Lipinski definition) is 1. The Bertz CT molecular complexity index is 406. The fraction of sp³-hybridized carbons (Fsp3) is 0.364. The number of halogens is 2. The Hall–Kier alpha value is -1.45. The second-order valence-corrected chi connectivity index (χ2v) is 3.72. The molecule has 0 aliphatic carbocycles. The van der Waals surface area contributed by atoms with Crippen molar-refractivity contribution in [3.63, 3.8) is 0 Å². The van der Waals surface area contributed by atoms with Gasteiger partial charge >= 0.3 is 0 Å². The van der Waals surface area contributed by atoms with E-state index in [1.165, 1.54) is 17.0 Å². The molecule has 1 amide bonds. The second-order valence-electron chi connectivity index (χ2n) is 3.72. The van der Waals surface area contributed by atoms with Gasteiger partial charge in [0.1, 0.15) is 11.6 Å². The van der Waals surface area contributed by atoms with Crippen molar-refractivity contribution < 1.29 is 13.6 Å². The summed E-state index contributed by atoms with van der Waals surface area (Å²) in [6, 6.07) is 3.23. The number of amides is 1. The molecule has 0 N–H and O–H groups in total. The van der Waals surface area contributed by atoms with Gasteiger partial charge in [-0.25, -0.2) is 8.78 Å². The van der Waals surface area contributed by atoms with Crippen LogP contribution in [0, 0.1) is 11.6 Å². The van der Waals surface area contributed by atoms with Gasteiger partial charge in [0.05, 0.1) is 6.04 Å². The molecule has 0 radical (unpaired) electrons. The highest BCUT2D eigenvalue weighted by molar-refractivity contribution is 5.78. The van der Waals surface area contributed by atoms with Gasteiger partial charge in [0, 0.05) is 25.1 Å². The van der Waals surface area contributed by atoms with E-state index in [1.54, 1.807) is 7.05 Å². The Morgan fingerprint density at radius 1 is 1.40 bits per heavy atom. The molecule has 2 nitrogen and oxygen atoms in total. The maximum absolute atomic E-state index is 13.4.